The maximum absolute atomic E-state index is 11.8. The highest BCUT2D eigenvalue weighted by Crippen LogP contribution is 2.11. The number of hydrogen-bond acceptors (Lipinski definition) is 2. The first-order chi connectivity index (χ1) is 10.7. The van der Waals surface area contributed by atoms with Crippen LogP contribution in [0.4, 0.5) is 0 Å². The zero-order valence-electron chi connectivity index (χ0n) is 13.3. The molecular weight excluding hydrogens is 296 g/mol. The number of carbonyl (C=O) groups excluding carboxylic acids is 1. The van der Waals surface area contributed by atoms with Gasteiger partial charge in [0.2, 0.25) is 5.91 Å². The number of rotatable bonds is 9. The van der Waals surface area contributed by atoms with E-state index < -0.39 is 0 Å². The number of carbonyl (C=O) groups is 1. The van der Waals surface area contributed by atoms with E-state index in [9.17, 15) is 4.79 Å². The number of nitrogens with zero attached hydrogens (tertiary/aromatic N) is 1. The first-order valence-corrected chi connectivity index (χ1v) is 8.85. The molecule has 0 saturated carbocycles. The summed E-state index contributed by atoms with van der Waals surface area (Å²) in [6.45, 7) is 4.52. The van der Waals surface area contributed by atoms with Crippen molar-refractivity contribution in [2.45, 2.75) is 44.9 Å². The molecule has 122 valence electrons. The lowest BCUT2D eigenvalue weighted by atomic mass is 10.1. The molecule has 1 aliphatic rings. The molecule has 0 bridgehead atoms. The Kier molecular flexibility index (Phi) is 7.75. The highest BCUT2D eigenvalue weighted by Gasteiger charge is 2.10. The van der Waals surface area contributed by atoms with Crippen LogP contribution in [0.2, 0.25) is 5.02 Å². The summed E-state index contributed by atoms with van der Waals surface area (Å²) >= 11 is 5.85. The van der Waals surface area contributed by atoms with Gasteiger partial charge in [-0.25, -0.2) is 0 Å². The molecule has 1 aromatic carbocycles. The van der Waals surface area contributed by atoms with E-state index >= 15 is 0 Å². The molecule has 1 aliphatic heterocycles. The summed E-state index contributed by atoms with van der Waals surface area (Å²) in [6, 6.07) is 7.85. The van der Waals surface area contributed by atoms with Gasteiger partial charge in [-0.2, -0.15) is 0 Å². The zero-order chi connectivity index (χ0) is 15.6. The molecule has 1 saturated heterocycles. The maximum Gasteiger partial charge on any atom is 0.220 e. The van der Waals surface area contributed by atoms with Crippen molar-refractivity contribution in [2.75, 3.05) is 26.2 Å². The molecule has 0 unspecified atom stereocenters. The van der Waals surface area contributed by atoms with E-state index in [0.29, 0.717) is 6.42 Å². The molecule has 0 aromatic heterocycles. The Morgan fingerprint density at radius 1 is 1.09 bits per heavy atom. The van der Waals surface area contributed by atoms with E-state index in [1.54, 1.807) is 0 Å². The minimum absolute atomic E-state index is 0.176. The Morgan fingerprint density at radius 2 is 1.82 bits per heavy atom. The second-order valence-corrected chi connectivity index (χ2v) is 6.52. The van der Waals surface area contributed by atoms with Crippen LogP contribution in [0.1, 0.15) is 44.1 Å². The fourth-order valence-corrected chi connectivity index (χ4v) is 3.01. The van der Waals surface area contributed by atoms with Gasteiger partial charge in [-0.05, 0) is 75.9 Å². The summed E-state index contributed by atoms with van der Waals surface area (Å²) in [5.74, 6) is 0.176. The van der Waals surface area contributed by atoms with Gasteiger partial charge in [0.15, 0.2) is 0 Å². The fourth-order valence-electron chi connectivity index (χ4n) is 2.89. The first kappa shape index (κ1) is 17.3. The van der Waals surface area contributed by atoms with E-state index in [4.69, 9.17) is 11.6 Å². The van der Waals surface area contributed by atoms with Crippen LogP contribution in [0.25, 0.3) is 0 Å². The van der Waals surface area contributed by atoms with Gasteiger partial charge in [0, 0.05) is 18.0 Å². The van der Waals surface area contributed by atoms with Crippen molar-refractivity contribution >= 4 is 17.5 Å². The van der Waals surface area contributed by atoms with E-state index in [-0.39, 0.29) is 5.91 Å². The largest absolute Gasteiger partial charge is 0.356 e. The van der Waals surface area contributed by atoms with Gasteiger partial charge in [0.05, 0.1) is 0 Å². The number of nitrogens with one attached hydrogen (secondary N) is 1. The molecule has 22 heavy (non-hydrogen) atoms. The molecule has 0 radical (unpaired) electrons. The molecule has 1 N–H and O–H groups in total. The summed E-state index contributed by atoms with van der Waals surface area (Å²) in [4.78, 5) is 14.3. The molecule has 1 heterocycles. The minimum Gasteiger partial charge on any atom is -0.356 e. The Balaban J connectivity index is 1.46. The number of unbranched alkanes of at least 4 members (excludes halogenated alkanes) is 1. The highest BCUT2D eigenvalue weighted by molar-refractivity contribution is 6.30. The van der Waals surface area contributed by atoms with Crippen molar-refractivity contribution < 1.29 is 4.79 Å². The van der Waals surface area contributed by atoms with Crippen molar-refractivity contribution in [3.63, 3.8) is 0 Å². The van der Waals surface area contributed by atoms with Crippen LogP contribution in [-0.2, 0) is 11.2 Å². The molecule has 0 aliphatic carbocycles. The fraction of sp³-hybridized carbons (Fsp3) is 0.611. The standard InChI is InChI=1S/C18H27ClN2O/c19-17-10-8-16(9-11-17)6-5-7-18(22)20-12-1-2-13-21-14-3-4-15-21/h8-11H,1-7,12-15H2,(H,20,22). The molecule has 4 heteroatoms. The van der Waals surface area contributed by atoms with Crippen LogP contribution in [0.15, 0.2) is 24.3 Å². The molecule has 0 atom stereocenters. The molecule has 2 rings (SSSR count). The number of aryl methyl sites for hydroxylation is 1. The van der Waals surface area contributed by atoms with Crippen LogP contribution in [-0.4, -0.2) is 37.0 Å². The first-order valence-electron chi connectivity index (χ1n) is 8.47. The lowest BCUT2D eigenvalue weighted by Crippen LogP contribution is -2.26. The Labute approximate surface area is 139 Å². The third-order valence-electron chi connectivity index (χ3n) is 4.20. The lowest BCUT2D eigenvalue weighted by molar-refractivity contribution is -0.121. The van der Waals surface area contributed by atoms with Crippen LogP contribution in [0, 0.1) is 0 Å². The lowest BCUT2D eigenvalue weighted by Gasteiger charge is -2.14. The molecule has 1 aromatic rings. The monoisotopic (exact) mass is 322 g/mol. The average molecular weight is 323 g/mol. The summed E-state index contributed by atoms with van der Waals surface area (Å²) < 4.78 is 0. The quantitative estimate of drug-likeness (QED) is 0.704. The van der Waals surface area contributed by atoms with Gasteiger partial charge in [-0.1, -0.05) is 23.7 Å². The van der Waals surface area contributed by atoms with Crippen LogP contribution in [0.5, 0.6) is 0 Å². The van der Waals surface area contributed by atoms with Gasteiger partial charge in [0.25, 0.3) is 0 Å². The number of halogens is 1. The normalized spacial score (nSPS) is 15.1. The zero-order valence-corrected chi connectivity index (χ0v) is 14.1. The van der Waals surface area contributed by atoms with E-state index in [0.717, 1.165) is 30.8 Å². The van der Waals surface area contributed by atoms with Gasteiger partial charge in [-0.3, -0.25) is 4.79 Å². The third kappa shape index (κ3) is 6.80. The second kappa shape index (κ2) is 9.86. The van der Waals surface area contributed by atoms with Gasteiger partial charge in [-0.15, -0.1) is 0 Å². The molecule has 1 fully saturated rings. The second-order valence-electron chi connectivity index (χ2n) is 6.09. The van der Waals surface area contributed by atoms with E-state index in [2.05, 4.69) is 10.2 Å². The number of likely N-dealkylation sites (tertiary alicyclic amines) is 1. The molecule has 1 amide bonds. The van der Waals surface area contributed by atoms with Crippen molar-refractivity contribution in [2.24, 2.45) is 0 Å². The van der Waals surface area contributed by atoms with Crippen LogP contribution >= 0.6 is 11.6 Å². The minimum atomic E-state index is 0.176. The van der Waals surface area contributed by atoms with Gasteiger partial charge < -0.3 is 10.2 Å². The topological polar surface area (TPSA) is 32.3 Å². The summed E-state index contributed by atoms with van der Waals surface area (Å²) in [7, 11) is 0. The SMILES string of the molecule is O=C(CCCc1ccc(Cl)cc1)NCCCCN1CCCC1. The predicted molar refractivity (Wildman–Crippen MR) is 92.3 cm³/mol. The Morgan fingerprint density at radius 3 is 2.55 bits per heavy atom. The summed E-state index contributed by atoms with van der Waals surface area (Å²) in [5, 5.41) is 3.78. The van der Waals surface area contributed by atoms with Crippen molar-refractivity contribution in [1.29, 1.82) is 0 Å². The number of amides is 1. The number of benzene rings is 1. The van der Waals surface area contributed by atoms with E-state index in [1.807, 2.05) is 24.3 Å². The highest BCUT2D eigenvalue weighted by atomic mass is 35.5. The maximum atomic E-state index is 11.8. The molecule has 0 spiro atoms. The summed E-state index contributed by atoms with van der Waals surface area (Å²) in [5.41, 5.74) is 1.24. The van der Waals surface area contributed by atoms with Crippen molar-refractivity contribution in [1.82, 2.24) is 10.2 Å². The average Bonchev–Trinajstić information content (AvgIpc) is 3.02. The number of hydrogen-bond donors (Lipinski definition) is 1. The van der Waals surface area contributed by atoms with Crippen LogP contribution < -0.4 is 5.32 Å². The van der Waals surface area contributed by atoms with Crippen LogP contribution in [0.3, 0.4) is 0 Å². The van der Waals surface area contributed by atoms with E-state index in [1.165, 1.54) is 44.5 Å². The Bertz CT molecular complexity index is 441. The van der Waals surface area contributed by atoms with Crippen molar-refractivity contribution in [3.8, 4) is 0 Å². The molecular formula is C18H27ClN2O. The van der Waals surface area contributed by atoms with Gasteiger partial charge in [0.1, 0.15) is 0 Å². The predicted octanol–water partition coefficient (Wildman–Crippen LogP) is 3.65. The van der Waals surface area contributed by atoms with Crippen molar-refractivity contribution in [3.05, 3.63) is 34.9 Å². The third-order valence-corrected chi connectivity index (χ3v) is 4.46. The molecule has 3 nitrogen and oxygen atoms in total. The summed E-state index contributed by atoms with van der Waals surface area (Å²) in [6.07, 6.45) is 7.40. The van der Waals surface area contributed by atoms with Gasteiger partial charge >= 0.3 is 0 Å². The Hall–Kier alpha value is -1.06. The smallest absolute Gasteiger partial charge is 0.220 e.